The summed E-state index contributed by atoms with van der Waals surface area (Å²) in [5.41, 5.74) is 3.64. The average molecular weight is 391 g/mol. The zero-order valence-corrected chi connectivity index (χ0v) is 15.2. The van der Waals surface area contributed by atoms with Crippen molar-refractivity contribution >= 4 is 44.5 Å². The van der Waals surface area contributed by atoms with Gasteiger partial charge in [-0.25, -0.2) is 4.79 Å². The monoisotopic (exact) mass is 390 g/mol. The molecule has 0 saturated heterocycles. The molecule has 25 heavy (non-hydrogen) atoms. The lowest BCUT2D eigenvalue weighted by molar-refractivity contribution is -0.130. The highest BCUT2D eigenvalue weighted by molar-refractivity contribution is 9.10. The Balaban J connectivity index is 1.71. The molecule has 3 aromatic rings. The Bertz CT molecular complexity index is 1060. The normalized spacial score (nSPS) is 15.5. The number of cyclic esters (lactones) is 1. The molecular weight excluding hydrogens is 376 g/mol. The van der Waals surface area contributed by atoms with E-state index in [-0.39, 0.29) is 5.97 Å². The summed E-state index contributed by atoms with van der Waals surface area (Å²) in [6.07, 6.45) is 3.64. The van der Waals surface area contributed by atoms with Gasteiger partial charge in [0.15, 0.2) is 0 Å². The maximum atomic E-state index is 12.2. The highest BCUT2D eigenvalue weighted by atomic mass is 79.9. The highest BCUT2D eigenvalue weighted by Crippen LogP contribution is 2.30. The molecule has 1 aliphatic heterocycles. The van der Waals surface area contributed by atoms with Crippen LogP contribution in [0.2, 0.25) is 0 Å². The van der Waals surface area contributed by atoms with Gasteiger partial charge in [0.05, 0.1) is 5.57 Å². The van der Waals surface area contributed by atoms with Crippen LogP contribution in [0.15, 0.2) is 76.8 Å². The van der Waals surface area contributed by atoms with Gasteiger partial charge in [-0.2, -0.15) is 0 Å². The van der Waals surface area contributed by atoms with Crippen molar-refractivity contribution in [1.29, 1.82) is 0 Å². The van der Waals surface area contributed by atoms with Crippen molar-refractivity contribution in [2.75, 3.05) is 0 Å². The van der Waals surface area contributed by atoms with E-state index in [4.69, 9.17) is 4.74 Å². The van der Waals surface area contributed by atoms with Gasteiger partial charge in [0, 0.05) is 10.0 Å². The van der Waals surface area contributed by atoms with E-state index in [1.165, 1.54) is 10.9 Å². The molecule has 3 heteroatoms. The second-order valence-corrected chi connectivity index (χ2v) is 7.03. The molecule has 0 amide bonds. The van der Waals surface area contributed by atoms with Crippen molar-refractivity contribution in [2.24, 2.45) is 0 Å². The number of ether oxygens (including phenoxy) is 1. The van der Waals surface area contributed by atoms with Crippen LogP contribution in [0.4, 0.5) is 0 Å². The third kappa shape index (κ3) is 3.28. The number of esters is 1. The molecule has 0 atom stereocenters. The van der Waals surface area contributed by atoms with Crippen LogP contribution in [0.1, 0.15) is 16.7 Å². The van der Waals surface area contributed by atoms with Gasteiger partial charge in [-0.1, -0.05) is 64.0 Å². The van der Waals surface area contributed by atoms with Crippen molar-refractivity contribution in [3.8, 4) is 0 Å². The molecule has 1 aliphatic rings. The van der Waals surface area contributed by atoms with Crippen molar-refractivity contribution in [1.82, 2.24) is 0 Å². The zero-order valence-electron chi connectivity index (χ0n) is 13.6. The lowest BCUT2D eigenvalue weighted by atomic mass is 10.0. The minimum Gasteiger partial charge on any atom is -0.422 e. The van der Waals surface area contributed by atoms with Crippen LogP contribution < -0.4 is 0 Å². The first kappa shape index (κ1) is 15.9. The van der Waals surface area contributed by atoms with Crippen LogP contribution >= 0.6 is 15.9 Å². The maximum absolute atomic E-state index is 12.2. The molecular formula is C22H15BrO2. The second kappa shape index (κ2) is 6.34. The maximum Gasteiger partial charge on any atom is 0.343 e. The third-order valence-electron chi connectivity index (χ3n) is 4.18. The number of hydrogen-bond acceptors (Lipinski definition) is 2. The summed E-state index contributed by atoms with van der Waals surface area (Å²) in [5, 5.41) is 2.31. The van der Waals surface area contributed by atoms with Gasteiger partial charge < -0.3 is 4.74 Å². The Labute approximate surface area is 154 Å². The van der Waals surface area contributed by atoms with Gasteiger partial charge in [-0.15, -0.1) is 0 Å². The summed E-state index contributed by atoms with van der Waals surface area (Å²) in [5.74, 6) is 0.271. The van der Waals surface area contributed by atoms with E-state index in [9.17, 15) is 4.79 Å². The molecule has 0 spiro atoms. The van der Waals surface area contributed by atoms with E-state index in [0.29, 0.717) is 11.3 Å². The average Bonchev–Trinajstić information content (AvgIpc) is 2.95. The van der Waals surface area contributed by atoms with Gasteiger partial charge in [-0.05, 0) is 53.6 Å². The topological polar surface area (TPSA) is 26.3 Å². The first-order valence-electron chi connectivity index (χ1n) is 8.00. The van der Waals surface area contributed by atoms with Crippen molar-refractivity contribution in [3.63, 3.8) is 0 Å². The van der Waals surface area contributed by atoms with E-state index < -0.39 is 0 Å². The molecule has 0 N–H and O–H groups in total. The fourth-order valence-electron chi connectivity index (χ4n) is 2.93. The summed E-state index contributed by atoms with van der Waals surface area (Å²) in [6, 6.07) is 20.2. The molecule has 0 radical (unpaired) electrons. The first-order chi connectivity index (χ1) is 12.1. The Kier molecular flexibility index (Phi) is 4.02. The number of hydrogen-bond donors (Lipinski definition) is 0. The number of carbonyl (C=O) groups excluding carboxylic acids is 1. The summed E-state index contributed by atoms with van der Waals surface area (Å²) in [7, 11) is 0. The fraction of sp³-hybridized carbons (Fsp3) is 0.0455. The smallest absolute Gasteiger partial charge is 0.343 e. The minimum absolute atomic E-state index is 0.320. The van der Waals surface area contributed by atoms with Crippen molar-refractivity contribution < 1.29 is 9.53 Å². The zero-order chi connectivity index (χ0) is 17.4. The van der Waals surface area contributed by atoms with Crippen molar-refractivity contribution in [3.05, 3.63) is 93.5 Å². The Morgan fingerprint density at radius 2 is 1.76 bits per heavy atom. The number of halogens is 1. The standard InChI is InChI=1S/C22H15BrO2/c1-14-5-6-17-12-18(8-7-16(17)9-14)21-13-19(22(24)25-21)10-15-3-2-4-20(23)11-15/h2-13H,1H3/b19-10+. The van der Waals surface area contributed by atoms with Crippen LogP contribution in [-0.2, 0) is 9.53 Å². The van der Waals surface area contributed by atoms with E-state index in [2.05, 4.69) is 53.2 Å². The SMILES string of the molecule is Cc1ccc2cc(C3=C/C(=C\c4cccc(Br)c4)C(=O)O3)ccc2c1. The molecule has 3 aromatic carbocycles. The molecule has 0 aliphatic carbocycles. The van der Waals surface area contributed by atoms with Crippen LogP contribution in [0.5, 0.6) is 0 Å². The van der Waals surface area contributed by atoms with E-state index in [0.717, 1.165) is 21.0 Å². The van der Waals surface area contributed by atoms with Gasteiger partial charge in [0.25, 0.3) is 0 Å². The summed E-state index contributed by atoms with van der Waals surface area (Å²) >= 11 is 3.44. The largest absolute Gasteiger partial charge is 0.422 e. The fourth-order valence-corrected chi connectivity index (χ4v) is 3.34. The Hall–Kier alpha value is -2.65. The molecule has 0 aromatic heterocycles. The van der Waals surface area contributed by atoms with Gasteiger partial charge in [0.2, 0.25) is 0 Å². The molecule has 0 saturated carbocycles. The molecule has 0 fully saturated rings. The predicted molar refractivity (Wildman–Crippen MR) is 105 cm³/mol. The van der Waals surface area contributed by atoms with E-state index >= 15 is 0 Å². The Morgan fingerprint density at radius 1 is 0.960 bits per heavy atom. The first-order valence-corrected chi connectivity index (χ1v) is 8.80. The number of benzene rings is 3. The molecule has 2 nitrogen and oxygen atoms in total. The molecule has 1 heterocycles. The second-order valence-electron chi connectivity index (χ2n) is 6.12. The predicted octanol–water partition coefficient (Wildman–Crippen LogP) is 5.89. The third-order valence-corrected chi connectivity index (χ3v) is 4.67. The lowest BCUT2D eigenvalue weighted by Gasteiger charge is -2.05. The lowest BCUT2D eigenvalue weighted by Crippen LogP contribution is -1.97. The van der Waals surface area contributed by atoms with Gasteiger partial charge >= 0.3 is 5.97 Å². The van der Waals surface area contributed by atoms with Crippen LogP contribution in [0, 0.1) is 6.92 Å². The summed E-state index contributed by atoms with van der Waals surface area (Å²) in [4.78, 5) is 12.2. The summed E-state index contributed by atoms with van der Waals surface area (Å²) < 4.78 is 6.45. The van der Waals surface area contributed by atoms with E-state index in [1.807, 2.05) is 36.4 Å². The molecule has 4 rings (SSSR count). The number of aryl methyl sites for hydroxylation is 1. The molecule has 0 bridgehead atoms. The van der Waals surface area contributed by atoms with E-state index in [1.54, 1.807) is 6.08 Å². The number of fused-ring (bicyclic) bond motifs is 1. The van der Waals surface area contributed by atoms with Crippen LogP contribution in [0.25, 0.3) is 22.6 Å². The molecule has 0 unspecified atom stereocenters. The molecule has 122 valence electrons. The Morgan fingerprint density at radius 3 is 2.60 bits per heavy atom. The van der Waals surface area contributed by atoms with Gasteiger partial charge in [-0.3, -0.25) is 0 Å². The highest BCUT2D eigenvalue weighted by Gasteiger charge is 2.22. The quantitative estimate of drug-likeness (QED) is 0.402. The number of carbonyl (C=O) groups is 1. The minimum atomic E-state index is -0.320. The summed E-state index contributed by atoms with van der Waals surface area (Å²) in [6.45, 7) is 2.08. The van der Waals surface area contributed by atoms with Gasteiger partial charge in [0.1, 0.15) is 5.76 Å². The van der Waals surface area contributed by atoms with Crippen molar-refractivity contribution in [2.45, 2.75) is 6.92 Å². The van der Waals surface area contributed by atoms with Crippen LogP contribution in [0.3, 0.4) is 0 Å². The number of rotatable bonds is 2. The van der Waals surface area contributed by atoms with Crippen LogP contribution in [-0.4, -0.2) is 5.97 Å².